The van der Waals surface area contributed by atoms with Gasteiger partial charge in [0.2, 0.25) is 0 Å². The van der Waals surface area contributed by atoms with E-state index in [0.29, 0.717) is 6.42 Å². The van der Waals surface area contributed by atoms with Crippen LogP contribution in [0.15, 0.2) is 0 Å². The molecule has 0 radical (unpaired) electrons. The van der Waals surface area contributed by atoms with Crippen LogP contribution in [0.3, 0.4) is 0 Å². The zero-order chi connectivity index (χ0) is 8.81. The average Bonchev–Trinajstić information content (AvgIpc) is 2.32. The highest BCUT2D eigenvalue weighted by Gasteiger charge is 2.21. The molecule has 1 rings (SSSR count). The van der Waals surface area contributed by atoms with Crippen molar-refractivity contribution in [1.29, 1.82) is 0 Å². The summed E-state index contributed by atoms with van der Waals surface area (Å²) in [6, 6.07) is 0. The van der Waals surface area contributed by atoms with Crippen LogP contribution >= 0.6 is 0 Å². The molecule has 1 unspecified atom stereocenters. The summed E-state index contributed by atoms with van der Waals surface area (Å²) in [5.41, 5.74) is 0. The van der Waals surface area contributed by atoms with Crippen molar-refractivity contribution < 1.29 is 9.50 Å². The second-order valence-electron chi connectivity index (χ2n) is 3.78. The predicted octanol–water partition coefficient (Wildman–Crippen LogP) is 2.68. The Hall–Kier alpha value is -0.110. The van der Waals surface area contributed by atoms with Gasteiger partial charge in [0.1, 0.15) is 6.17 Å². The normalized spacial score (nSPS) is 23.5. The monoisotopic (exact) mass is 174 g/mol. The van der Waals surface area contributed by atoms with Crippen LogP contribution < -0.4 is 0 Å². The highest BCUT2D eigenvalue weighted by atomic mass is 19.1. The van der Waals surface area contributed by atoms with Gasteiger partial charge >= 0.3 is 0 Å². The molecule has 2 heteroatoms. The summed E-state index contributed by atoms with van der Waals surface area (Å²) in [5, 5.41) is 8.60. The second-order valence-corrected chi connectivity index (χ2v) is 3.78. The lowest BCUT2D eigenvalue weighted by molar-refractivity contribution is 0.156. The van der Waals surface area contributed by atoms with E-state index in [0.717, 1.165) is 12.8 Å². The third-order valence-electron chi connectivity index (χ3n) is 2.82. The van der Waals surface area contributed by atoms with Crippen LogP contribution in [0.5, 0.6) is 0 Å². The summed E-state index contributed by atoms with van der Waals surface area (Å²) in [6.07, 6.45) is 6.53. The summed E-state index contributed by atoms with van der Waals surface area (Å²) in [4.78, 5) is 0. The van der Waals surface area contributed by atoms with Gasteiger partial charge in [0, 0.05) is 13.0 Å². The number of halogens is 1. The molecule has 0 bridgehead atoms. The number of alkyl halides is 1. The molecular formula is C10H19FO. The van der Waals surface area contributed by atoms with Crippen LogP contribution in [-0.2, 0) is 0 Å². The lowest BCUT2D eigenvalue weighted by atomic mass is 9.93. The zero-order valence-corrected chi connectivity index (χ0v) is 7.64. The van der Waals surface area contributed by atoms with Crippen molar-refractivity contribution in [3.8, 4) is 0 Å². The fourth-order valence-electron chi connectivity index (χ4n) is 2.03. The maximum absolute atomic E-state index is 13.3. The highest BCUT2D eigenvalue weighted by Crippen LogP contribution is 2.28. The Kier molecular flexibility index (Phi) is 4.59. The van der Waals surface area contributed by atoms with Crippen molar-refractivity contribution in [2.45, 2.75) is 51.1 Å². The summed E-state index contributed by atoms with van der Waals surface area (Å²) in [7, 11) is 0. The Morgan fingerprint density at radius 3 is 2.25 bits per heavy atom. The quantitative estimate of drug-likeness (QED) is 0.652. The number of hydrogen-bond donors (Lipinski definition) is 1. The lowest BCUT2D eigenvalue weighted by Crippen LogP contribution is -2.16. The van der Waals surface area contributed by atoms with E-state index < -0.39 is 6.17 Å². The third-order valence-corrected chi connectivity index (χ3v) is 2.82. The minimum atomic E-state index is -0.756. The highest BCUT2D eigenvalue weighted by molar-refractivity contribution is 4.72. The molecule has 1 fully saturated rings. The van der Waals surface area contributed by atoms with Crippen molar-refractivity contribution in [2.24, 2.45) is 5.92 Å². The molecule has 72 valence electrons. The smallest absolute Gasteiger partial charge is 0.105 e. The fourth-order valence-corrected chi connectivity index (χ4v) is 2.03. The molecule has 0 spiro atoms. The second kappa shape index (κ2) is 5.52. The van der Waals surface area contributed by atoms with E-state index >= 15 is 0 Å². The van der Waals surface area contributed by atoms with Crippen molar-refractivity contribution in [3.63, 3.8) is 0 Å². The van der Waals surface area contributed by atoms with Gasteiger partial charge in [-0.1, -0.05) is 25.7 Å². The first-order valence-corrected chi connectivity index (χ1v) is 5.09. The first-order valence-electron chi connectivity index (χ1n) is 5.09. The molecule has 0 aromatic carbocycles. The molecule has 0 saturated heterocycles. The zero-order valence-electron chi connectivity index (χ0n) is 7.64. The van der Waals surface area contributed by atoms with Crippen LogP contribution in [0, 0.1) is 5.92 Å². The van der Waals surface area contributed by atoms with E-state index in [1.807, 2.05) is 0 Å². The van der Waals surface area contributed by atoms with E-state index in [1.54, 1.807) is 0 Å². The van der Waals surface area contributed by atoms with Gasteiger partial charge in [-0.25, -0.2) is 4.39 Å². The van der Waals surface area contributed by atoms with Gasteiger partial charge in [0.05, 0.1) is 0 Å². The van der Waals surface area contributed by atoms with Crippen molar-refractivity contribution in [3.05, 3.63) is 0 Å². The molecule has 1 aliphatic rings. The van der Waals surface area contributed by atoms with Gasteiger partial charge in [-0.15, -0.1) is 0 Å². The lowest BCUT2D eigenvalue weighted by Gasteiger charge is -2.17. The minimum absolute atomic E-state index is 0.00231. The molecule has 0 aliphatic heterocycles. The Bertz CT molecular complexity index is 108. The third kappa shape index (κ3) is 3.10. The molecule has 0 aromatic rings. The summed E-state index contributed by atoms with van der Waals surface area (Å²) in [5.74, 6) is 0.236. The van der Waals surface area contributed by atoms with Crippen molar-refractivity contribution in [1.82, 2.24) is 0 Å². The summed E-state index contributed by atoms with van der Waals surface area (Å²) >= 11 is 0. The topological polar surface area (TPSA) is 20.2 Å². The van der Waals surface area contributed by atoms with Gasteiger partial charge in [-0.3, -0.25) is 0 Å². The van der Waals surface area contributed by atoms with Gasteiger partial charge in [-0.05, 0) is 18.8 Å². The standard InChI is InChI=1S/C10H19FO/c11-10(7-8-12)9-5-3-1-2-4-6-9/h9-10,12H,1-8H2. The summed E-state index contributed by atoms with van der Waals surface area (Å²) in [6.45, 7) is -0.00231. The number of aliphatic hydroxyl groups is 1. The van der Waals surface area contributed by atoms with E-state index in [-0.39, 0.29) is 12.5 Å². The van der Waals surface area contributed by atoms with E-state index in [9.17, 15) is 4.39 Å². The average molecular weight is 174 g/mol. The molecule has 1 saturated carbocycles. The maximum Gasteiger partial charge on any atom is 0.105 e. The van der Waals surface area contributed by atoms with Crippen LogP contribution in [0.25, 0.3) is 0 Å². The fraction of sp³-hybridized carbons (Fsp3) is 1.00. The van der Waals surface area contributed by atoms with Gasteiger partial charge in [-0.2, -0.15) is 0 Å². The maximum atomic E-state index is 13.3. The molecule has 1 aliphatic carbocycles. The first-order chi connectivity index (χ1) is 5.84. The van der Waals surface area contributed by atoms with Gasteiger partial charge < -0.3 is 5.11 Å². The van der Waals surface area contributed by atoms with Crippen LogP contribution in [0.2, 0.25) is 0 Å². The molecule has 0 amide bonds. The van der Waals surface area contributed by atoms with Crippen molar-refractivity contribution in [2.75, 3.05) is 6.61 Å². The molecule has 1 nitrogen and oxygen atoms in total. The first kappa shape index (κ1) is 9.97. The SMILES string of the molecule is OCCC(F)C1CCCCCC1. The van der Waals surface area contributed by atoms with E-state index in [1.165, 1.54) is 25.7 Å². The number of aliphatic hydroxyl groups excluding tert-OH is 1. The van der Waals surface area contributed by atoms with Crippen LogP contribution in [-0.4, -0.2) is 17.9 Å². The Labute approximate surface area is 74.0 Å². The molecule has 1 atom stereocenters. The predicted molar refractivity (Wildman–Crippen MR) is 47.8 cm³/mol. The molecule has 12 heavy (non-hydrogen) atoms. The number of hydrogen-bond acceptors (Lipinski definition) is 1. The van der Waals surface area contributed by atoms with Gasteiger partial charge in [0.25, 0.3) is 0 Å². The molecule has 1 N–H and O–H groups in total. The Morgan fingerprint density at radius 2 is 1.75 bits per heavy atom. The number of rotatable bonds is 3. The Balaban J connectivity index is 2.27. The van der Waals surface area contributed by atoms with Crippen LogP contribution in [0.4, 0.5) is 4.39 Å². The minimum Gasteiger partial charge on any atom is -0.396 e. The van der Waals surface area contributed by atoms with Crippen molar-refractivity contribution >= 4 is 0 Å². The van der Waals surface area contributed by atoms with Crippen LogP contribution in [0.1, 0.15) is 44.9 Å². The summed E-state index contributed by atoms with van der Waals surface area (Å²) < 4.78 is 13.3. The molecule has 0 heterocycles. The molecular weight excluding hydrogens is 155 g/mol. The van der Waals surface area contributed by atoms with Gasteiger partial charge in [0.15, 0.2) is 0 Å². The Morgan fingerprint density at radius 1 is 1.17 bits per heavy atom. The van der Waals surface area contributed by atoms with E-state index in [4.69, 9.17) is 5.11 Å². The van der Waals surface area contributed by atoms with E-state index in [2.05, 4.69) is 0 Å². The molecule has 0 aromatic heterocycles. The largest absolute Gasteiger partial charge is 0.396 e.